The van der Waals surface area contributed by atoms with Crippen LogP contribution in [0.5, 0.6) is 0 Å². The van der Waals surface area contributed by atoms with Crippen LogP contribution in [-0.4, -0.2) is 34.9 Å². The van der Waals surface area contributed by atoms with Crippen molar-refractivity contribution in [3.05, 3.63) is 0 Å². The third-order valence-electron chi connectivity index (χ3n) is 2.41. The summed E-state index contributed by atoms with van der Waals surface area (Å²) in [6, 6.07) is 0.406. The van der Waals surface area contributed by atoms with Crippen molar-refractivity contribution in [3.8, 4) is 0 Å². The van der Waals surface area contributed by atoms with Crippen molar-refractivity contribution in [1.82, 2.24) is 5.32 Å². The molecule has 1 aliphatic rings. The molecule has 0 aromatic heterocycles. The maximum Gasteiger partial charge on any atom is 0.306 e. The first kappa shape index (κ1) is 10.5. The number of aliphatic hydroxyl groups is 1. The Labute approximate surface area is 78.0 Å². The van der Waals surface area contributed by atoms with Crippen LogP contribution in [0.1, 0.15) is 26.2 Å². The quantitative estimate of drug-likeness (QED) is 0.556. The van der Waals surface area contributed by atoms with Crippen molar-refractivity contribution in [2.45, 2.75) is 38.3 Å². The van der Waals surface area contributed by atoms with E-state index in [0.29, 0.717) is 12.6 Å². The summed E-state index contributed by atoms with van der Waals surface area (Å²) < 4.78 is 0. The molecule has 0 radical (unpaired) electrons. The Morgan fingerprint density at radius 2 is 2.23 bits per heavy atom. The standard InChI is InChI=1S/C9H17NO3/c1-6(7-2-3-7)10-5-8(11)4-9(12)13/h6-8,10-11H,2-5H2,1H3,(H,12,13). The summed E-state index contributed by atoms with van der Waals surface area (Å²) in [6.45, 7) is 2.45. The Hall–Kier alpha value is -0.610. The van der Waals surface area contributed by atoms with Gasteiger partial charge in [0.1, 0.15) is 0 Å². The van der Waals surface area contributed by atoms with Crippen LogP contribution in [0.4, 0.5) is 0 Å². The number of rotatable bonds is 6. The molecular formula is C9H17NO3. The average Bonchev–Trinajstić information content (AvgIpc) is 2.80. The smallest absolute Gasteiger partial charge is 0.306 e. The molecule has 4 nitrogen and oxygen atoms in total. The van der Waals surface area contributed by atoms with Gasteiger partial charge in [0.2, 0.25) is 0 Å². The fraction of sp³-hybridized carbons (Fsp3) is 0.889. The Bertz CT molecular complexity index is 180. The van der Waals surface area contributed by atoms with Gasteiger partial charge in [-0.3, -0.25) is 4.79 Å². The summed E-state index contributed by atoms with van der Waals surface area (Å²) in [5.74, 6) is -0.217. The van der Waals surface area contributed by atoms with E-state index in [9.17, 15) is 9.90 Å². The minimum atomic E-state index is -0.951. The lowest BCUT2D eigenvalue weighted by Crippen LogP contribution is -2.35. The fourth-order valence-corrected chi connectivity index (χ4v) is 1.36. The Balaban J connectivity index is 2.06. The molecule has 76 valence electrons. The molecule has 1 fully saturated rings. The molecule has 13 heavy (non-hydrogen) atoms. The summed E-state index contributed by atoms with van der Waals surface area (Å²) in [5.41, 5.74) is 0. The highest BCUT2D eigenvalue weighted by molar-refractivity contribution is 5.67. The normalized spacial score (nSPS) is 21.1. The molecule has 0 saturated heterocycles. The van der Waals surface area contributed by atoms with Crippen LogP contribution in [-0.2, 0) is 4.79 Å². The Kier molecular flexibility index (Phi) is 3.69. The first-order valence-electron chi connectivity index (χ1n) is 4.73. The maximum absolute atomic E-state index is 10.2. The number of aliphatic carboxylic acids is 1. The van der Waals surface area contributed by atoms with Crippen LogP contribution >= 0.6 is 0 Å². The van der Waals surface area contributed by atoms with Gasteiger partial charge in [-0.25, -0.2) is 0 Å². The molecule has 0 spiro atoms. The molecule has 0 aliphatic heterocycles. The van der Waals surface area contributed by atoms with E-state index in [1.165, 1.54) is 12.8 Å². The summed E-state index contributed by atoms with van der Waals surface area (Å²) in [5, 5.41) is 20.7. The molecule has 2 atom stereocenters. The second-order valence-corrected chi connectivity index (χ2v) is 3.79. The zero-order valence-corrected chi connectivity index (χ0v) is 7.86. The average molecular weight is 187 g/mol. The van der Waals surface area contributed by atoms with Crippen molar-refractivity contribution >= 4 is 5.97 Å². The van der Waals surface area contributed by atoms with Gasteiger partial charge in [-0.15, -0.1) is 0 Å². The maximum atomic E-state index is 10.2. The van der Waals surface area contributed by atoms with Crippen molar-refractivity contribution < 1.29 is 15.0 Å². The zero-order chi connectivity index (χ0) is 9.84. The fourth-order valence-electron chi connectivity index (χ4n) is 1.36. The molecular weight excluding hydrogens is 170 g/mol. The van der Waals surface area contributed by atoms with E-state index in [0.717, 1.165) is 5.92 Å². The van der Waals surface area contributed by atoms with Gasteiger partial charge in [-0.1, -0.05) is 0 Å². The minimum absolute atomic E-state index is 0.176. The highest BCUT2D eigenvalue weighted by Crippen LogP contribution is 2.32. The second kappa shape index (κ2) is 4.58. The van der Waals surface area contributed by atoms with Crippen molar-refractivity contribution in [1.29, 1.82) is 0 Å². The highest BCUT2D eigenvalue weighted by atomic mass is 16.4. The predicted molar refractivity (Wildman–Crippen MR) is 48.4 cm³/mol. The number of hydrogen-bond donors (Lipinski definition) is 3. The Morgan fingerprint density at radius 3 is 2.69 bits per heavy atom. The third-order valence-corrected chi connectivity index (χ3v) is 2.41. The monoisotopic (exact) mass is 187 g/mol. The van der Waals surface area contributed by atoms with Crippen LogP contribution in [0.15, 0.2) is 0 Å². The first-order chi connectivity index (χ1) is 6.09. The van der Waals surface area contributed by atoms with E-state index in [1.54, 1.807) is 0 Å². The van der Waals surface area contributed by atoms with E-state index < -0.39 is 12.1 Å². The number of nitrogens with one attached hydrogen (secondary N) is 1. The van der Waals surface area contributed by atoms with Gasteiger partial charge >= 0.3 is 5.97 Å². The van der Waals surface area contributed by atoms with E-state index in [4.69, 9.17) is 5.11 Å². The SMILES string of the molecule is CC(NCC(O)CC(=O)O)C1CC1. The molecule has 1 rings (SSSR count). The largest absolute Gasteiger partial charge is 0.481 e. The number of carbonyl (C=O) groups is 1. The summed E-state index contributed by atoms with van der Waals surface area (Å²) in [4.78, 5) is 10.2. The van der Waals surface area contributed by atoms with E-state index in [-0.39, 0.29) is 6.42 Å². The number of aliphatic hydroxyl groups excluding tert-OH is 1. The Morgan fingerprint density at radius 1 is 1.62 bits per heavy atom. The summed E-state index contributed by atoms with van der Waals surface area (Å²) in [6.07, 6.45) is 1.57. The molecule has 1 aliphatic carbocycles. The van der Waals surface area contributed by atoms with Gasteiger partial charge in [-0.2, -0.15) is 0 Å². The van der Waals surface area contributed by atoms with Gasteiger partial charge in [0, 0.05) is 12.6 Å². The van der Waals surface area contributed by atoms with Gasteiger partial charge < -0.3 is 15.5 Å². The molecule has 0 amide bonds. The first-order valence-corrected chi connectivity index (χ1v) is 4.73. The van der Waals surface area contributed by atoms with Gasteiger partial charge in [-0.05, 0) is 25.7 Å². The number of carboxylic acids is 1. The van der Waals surface area contributed by atoms with E-state index in [2.05, 4.69) is 12.2 Å². The molecule has 0 bridgehead atoms. The predicted octanol–water partition coefficient (Wildman–Crippen LogP) is 0.210. The van der Waals surface area contributed by atoms with Crippen LogP contribution in [0.25, 0.3) is 0 Å². The van der Waals surface area contributed by atoms with Crippen molar-refractivity contribution in [2.75, 3.05) is 6.54 Å². The van der Waals surface area contributed by atoms with Crippen LogP contribution < -0.4 is 5.32 Å². The van der Waals surface area contributed by atoms with E-state index >= 15 is 0 Å². The van der Waals surface area contributed by atoms with Crippen LogP contribution in [0, 0.1) is 5.92 Å². The lowest BCUT2D eigenvalue weighted by Gasteiger charge is -2.15. The van der Waals surface area contributed by atoms with Gasteiger partial charge in [0.15, 0.2) is 0 Å². The third kappa shape index (κ3) is 4.24. The molecule has 2 unspecified atom stereocenters. The topological polar surface area (TPSA) is 69.6 Å². The highest BCUT2D eigenvalue weighted by Gasteiger charge is 2.27. The summed E-state index contributed by atoms with van der Waals surface area (Å²) in [7, 11) is 0. The molecule has 0 heterocycles. The van der Waals surface area contributed by atoms with Gasteiger partial charge in [0.05, 0.1) is 12.5 Å². The lowest BCUT2D eigenvalue weighted by atomic mass is 10.2. The summed E-state index contributed by atoms with van der Waals surface area (Å²) >= 11 is 0. The van der Waals surface area contributed by atoms with Crippen molar-refractivity contribution in [2.24, 2.45) is 5.92 Å². The zero-order valence-electron chi connectivity index (χ0n) is 7.86. The van der Waals surface area contributed by atoms with Crippen LogP contribution in [0.3, 0.4) is 0 Å². The minimum Gasteiger partial charge on any atom is -0.481 e. The number of hydrogen-bond acceptors (Lipinski definition) is 3. The molecule has 1 saturated carbocycles. The molecule has 0 aromatic rings. The molecule has 0 aromatic carbocycles. The molecule has 3 N–H and O–H groups in total. The van der Waals surface area contributed by atoms with Gasteiger partial charge in [0.25, 0.3) is 0 Å². The number of carboxylic acid groups (broad SMARTS) is 1. The second-order valence-electron chi connectivity index (χ2n) is 3.79. The molecule has 4 heteroatoms. The van der Waals surface area contributed by atoms with E-state index in [1.807, 2.05) is 0 Å². The lowest BCUT2D eigenvalue weighted by molar-refractivity contribution is -0.139. The van der Waals surface area contributed by atoms with Crippen molar-refractivity contribution in [3.63, 3.8) is 0 Å². The van der Waals surface area contributed by atoms with Crippen LogP contribution in [0.2, 0.25) is 0 Å².